The second-order valence-electron chi connectivity index (χ2n) is 12.4. The summed E-state index contributed by atoms with van der Waals surface area (Å²) in [4.78, 5) is 38.0. The molecule has 11 nitrogen and oxygen atoms in total. The number of aliphatic hydroxyl groups excluding tert-OH is 1. The van der Waals surface area contributed by atoms with Crippen molar-refractivity contribution in [1.82, 2.24) is 16.0 Å². The molecule has 12 heteroatoms. The smallest absolute Gasteiger partial charge is 0.407 e. The van der Waals surface area contributed by atoms with Crippen LogP contribution in [-0.2, 0) is 24.4 Å². The molecule has 1 heterocycles. The first-order valence-corrected chi connectivity index (χ1v) is 15.0. The maximum Gasteiger partial charge on any atom is 0.407 e. The summed E-state index contributed by atoms with van der Waals surface area (Å²) in [7, 11) is -4.91. The predicted molar refractivity (Wildman–Crippen MR) is 134 cm³/mol. The molecule has 0 aromatic rings. The van der Waals surface area contributed by atoms with E-state index in [-0.39, 0.29) is 30.1 Å². The Bertz CT molecular complexity index is 949. The Morgan fingerprint density at radius 3 is 2.19 bits per heavy atom. The summed E-state index contributed by atoms with van der Waals surface area (Å²) in [5, 5.41) is 17.9. The Hall–Kier alpha value is -1.92. The van der Waals surface area contributed by atoms with Crippen LogP contribution in [0.4, 0.5) is 4.79 Å². The molecule has 1 saturated heterocycles. The van der Waals surface area contributed by atoms with Gasteiger partial charge < -0.3 is 25.8 Å². The average molecular weight is 544 g/mol. The third-order valence-corrected chi connectivity index (χ3v) is 9.61. The van der Waals surface area contributed by atoms with E-state index in [1.165, 1.54) is 19.3 Å². The number of carbonyl (C=O) groups excluding carboxylic acids is 3. The van der Waals surface area contributed by atoms with E-state index in [0.29, 0.717) is 37.3 Å². The number of rotatable bonds is 11. The van der Waals surface area contributed by atoms with E-state index in [9.17, 15) is 32.5 Å². The van der Waals surface area contributed by atoms with Gasteiger partial charge in [-0.1, -0.05) is 13.8 Å². The van der Waals surface area contributed by atoms with Gasteiger partial charge in [0.25, 0.3) is 10.1 Å². The third kappa shape index (κ3) is 6.94. The van der Waals surface area contributed by atoms with E-state index in [0.717, 1.165) is 19.3 Å². The van der Waals surface area contributed by atoms with E-state index >= 15 is 0 Å². The summed E-state index contributed by atoms with van der Waals surface area (Å²) in [5.74, 6) is 0.494. The lowest BCUT2D eigenvalue weighted by Crippen LogP contribution is -2.55. The molecule has 210 valence electrons. The molecule has 4 aliphatic carbocycles. The molecule has 5 fully saturated rings. The molecular weight excluding hydrogens is 502 g/mol. The number of carbonyl (C=O) groups is 3. The zero-order chi connectivity index (χ0) is 27.0. The number of ether oxygens (including phenoxy) is 1. The quantitative estimate of drug-likeness (QED) is 0.244. The minimum absolute atomic E-state index is 0.00441. The van der Waals surface area contributed by atoms with Crippen molar-refractivity contribution in [1.29, 1.82) is 0 Å². The SMILES string of the molecule is CC(C)CC(NC(=O)OCC12CC3CC(CC(C3)C1)C2)C(=O)NC(CC1CCNC1=O)C(O)S(=O)(=O)O. The second kappa shape index (κ2) is 11.1. The zero-order valence-electron chi connectivity index (χ0n) is 21.6. The molecule has 4 saturated carbocycles. The van der Waals surface area contributed by atoms with Gasteiger partial charge in [0, 0.05) is 17.9 Å². The Balaban J connectivity index is 1.38. The first-order chi connectivity index (χ1) is 17.3. The summed E-state index contributed by atoms with van der Waals surface area (Å²) in [6, 6.07) is -2.48. The highest BCUT2D eigenvalue weighted by Crippen LogP contribution is 2.60. The topological polar surface area (TPSA) is 171 Å². The predicted octanol–water partition coefficient (Wildman–Crippen LogP) is 1.56. The first-order valence-electron chi connectivity index (χ1n) is 13.5. The molecule has 0 aromatic carbocycles. The third-order valence-electron chi connectivity index (χ3n) is 8.67. The molecule has 5 aliphatic rings. The van der Waals surface area contributed by atoms with Crippen LogP contribution in [0.1, 0.15) is 71.6 Å². The number of nitrogens with one attached hydrogen (secondary N) is 3. The largest absolute Gasteiger partial charge is 0.449 e. The van der Waals surface area contributed by atoms with E-state index in [1.54, 1.807) is 0 Å². The summed E-state index contributed by atoms with van der Waals surface area (Å²) < 4.78 is 38.3. The van der Waals surface area contributed by atoms with Crippen LogP contribution in [0, 0.1) is 35.0 Å². The fourth-order valence-corrected chi connectivity index (χ4v) is 8.08. The lowest BCUT2D eigenvalue weighted by molar-refractivity contribution is -0.126. The van der Waals surface area contributed by atoms with Gasteiger partial charge in [-0.3, -0.25) is 14.1 Å². The highest BCUT2D eigenvalue weighted by atomic mass is 32.2. The standard InChI is InChI=1S/C25H41N3O8S/c1-14(2)5-19(22(30)27-20(23(31)37(33,34)35)9-18-3-4-26-21(18)29)28-24(32)36-13-25-10-15-6-16(11-25)8-17(7-15)12-25/h14-20,23,31H,3-13H2,1-2H3,(H,26,29)(H,27,30)(H,28,32)(H,33,34,35). The van der Waals surface area contributed by atoms with E-state index < -0.39 is 45.6 Å². The van der Waals surface area contributed by atoms with Gasteiger partial charge in [0.2, 0.25) is 17.3 Å². The van der Waals surface area contributed by atoms with Crippen LogP contribution in [0.3, 0.4) is 0 Å². The van der Waals surface area contributed by atoms with Gasteiger partial charge >= 0.3 is 6.09 Å². The van der Waals surface area contributed by atoms with Gasteiger partial charge in [-0.2, -0.15) is 8.42 Å². The van der Waals surface area contributed by atoms with Gasteiger partial charge in [0.1, 0.15) is 6.04 Å². The van der Waals surface area contributed by atoms with Crippen molar-refractivity contribution in [3.05, 3.63) is 0 Å². The van der Waals surface area contributed by atoms with Crippen LogP contribution >= 0.6 is 0 Å². The molecular formula is C25H41N3O8S. The van der Waals surface area contributed by atoms with Crippen LogP contribution < -0.4 is 16.0 Å². The van der Waals surface area contributed by atoms with Crippen molar-refractivity contribution in [3.8, 4) is 0 Å². The molecule has 5 rings (SSSR count). The summed E-state index contributed by atoms with van der Waals surface area (Å²) >= 11 is 0. The van der Waals surface area contributed by atoms with Gasteiger partial charge in [0.05, 0.1) is 12.6 Å². The average Bonchev–Trinajstić information content (AvgIpc) is 3.18. The molecule has 0 aromatic heterocycles. The summed E-state index contributed by atoms with van der Waals surface area (Å²) in [6.45, 7) is 4.46. The van der Waals surface area contributed by atoms with Crippen LogP contribution in [0.2, 0.25) is 0 Å². The number of aliphatic hydroxyl groups is 1. The molecule has 3 amide bonds. The minimum Gasteiger partial charge on any atom is -0.449 e. The van der Waals surface area contributed by atoms with Crippen molar-refractivity contribution in [2.24, 2.45) is 35.0 Å². The van der Waals surface area contributed by atoms with Crippen molar-refractivity contribution in [3.63, 3.8) is 0 Å². The number of hydrogen-bond acceptors (Lipinski definition) is 7. The highest BCUT2D eigenvalue weighted by molar-refractivity contribution is 7.86. The lowest BCUT2D eigenvalue weighted by Gasteiger charge is -2.56. The van der Waals surface area contributed by atoms with Crippen molar-refractivity contribution in [2.75, 3.05) is 13.2 Å². The molecule has 37 heavy (non-hydrogen) atoms. The highest BCUT2D eigenvalue weighted by Gasteiger charge is 2.51. The minimum atomic E-state index is -4.91. The maximum atomic E-state index is 13.2. The van der Waals surface area contributed by atoms with Crippen LogP contribution in [0.15, 0.2) is 0 Å². The maximum absolute atomic E-state index is 13.2. The van der Waals surface area contributed by atoms with Crippen molar-refractivity contribution < 1.29 is 37.2 Å². The summed E-state index contributed by atoms with van der Waals surface area (Å²) in [5.41, 5.74) is -2.29. The lowest BCUT2D eigenvalue weighted by atomic mass is 9.50. The normalized spacial score (nSPS) is 33.1. The zero-order valence-corrected chi connectivity index (χ0v) is 22.5. The van der Waals surface area contributed by atoms with Gasteiger partial charge in [0.15, 0.2) is 0 Å². The summed E-state index contributed by atoms with van der Waals surface area (Å²) in [6.07, 6.45) is 6.83. The van der Waals surface area contributed by atoms with E-state index in [2.05, 4.69) is 16.0 Å². The monoisotopic (exact) mass is 543 g/mol. The van der Waals surface area contributed by atoms with Crippen LogP contribution in [-0.4, -0.2) is 66.7 Å². The number of hydrogen-bond donors (Lipinski definition) is 5. The first kappa shape index (κ1) is 28.1. The van der Waals surface area contributed by atoms with Crippen molar-refractivity contribution >= 4 is 28.0 Å². The van der Waals surface area contributed by atoms with Crippen LogP contribution in [0.5, 0.6) is 0 Å². The Kier molecular flexibility index (Phi) is 8.40. The van der Waals surface area contributed by atoms with E-state index in [4.69, 9.17) is 4.74 Å². The fraction of sp³-hybridized carbons (Fsp3) is 0.880. The van der Waals surface area contributed by atoms with Crippen molar-refractivity contribution in [2.45, 2.75) is 89.2 Å². The molecule has 0 radical (unpaired) electrons. The molecule has 1 aliphatic heterocycles. The fourth-order valence-electron chi connectivity index (χ4n) is 7.49. The number of alkyl carbamates (subject to hydrolysis) is 1. The van der Waals surface area contributed by atoms with E-state index in [1.807, 2.05) is 13.8 Å². The molecule has 0 spiro atoms. The Morgan fingerprint density at radius 1 is 1.11 bits per heavy atom. The van der Waals surface area contributed by atoms with Crippen LogP contribution in [0.25, 0.3) is 0 Å². The van der Waals surface area contributed by atoms with Gasteiger partial charge in [-0.25, -0.2) is 4.79 Å². The molecule has 5 N–H and O–H groups in total. The molecule has 4 atom stereocenters. The van der Waals surface area contributed by atoms with Gasteiger partial charge in [-0.15, -0.1) is 0 Å². The molecule has 4 bridgehead atoms. The Morgan fingerprint density at radius 2 is 1.70 bits per heavy atom. The Labute approximate surface area is 218 Å². The number of amides is 3. The molecule has 4 unspecified atom stereocenters. The second-order valence-corrected chi connectivity index (χ2v) is 13.9. The van der Waals surface area contributed by atoms with Gasteiger partial charge in [-0.05, 0) is 81.5 Å².